The van der Waals surface area contributed by atoms with Crippen LogP contribution in [0.15, 0.2) is 35.3 Å². The molecule has 0 aliphatic heterocycles. The third-order valence-corrected chi connectivity index (χ3v) is 1.49. The van der Waals surface area contributed by atoms with Crippen LogP contribution in [0.2, 0.25) is 0 Å². The average Bonchev–Trinajstić information content (AvgIpc) is 2.25. The summed E-state index contributed by atoms with van der Waals surface area (Å²) in [5, 5.41) is 0.750. The minimum atomic E-state index is -0.340. The van der Waals surface area contributed by atoms with Gasteiger partial charge in [0.15, 0.2) is 0 Å². The Morgan fingerprint density at radius 1 is 1.25 bits per heavy atom. The van der Waals surface area contributed by atoms with Gasteiger partial charge in [-0.1, -0.05) is 18.2 Å². The second kappa shape index (κ2) is 2.70. The molecule has 0 saturated carbocycles. The van der Waals surface area contributed by atoms with Gasteiger partial charge in [-0.3, -0.25) is 4.79 Å². The zero-order valence-corrected chi connectivity index (χ0v) is 6.19. The summed E-state index contributed by atoms with van der Waals surface area (Å²) in [6.45, 7) is 0. The van der Waals surface area contributed by atoms with Gasteiger partial charge in [0.25, 0.3) is 5.56 Å². The van der Waals surface area contributed by atoms with E-state index in [0.717, 1.165) is 11.6 Å². The van der Waals surface area contributed by atoms with Crippen molar-refractivity contribution in [1.82, 2.24) is 9.97 Å². The van der Waals surface area contributed by atoms with Crippen LogP contribution in [0.1, 0.15) is 0 Å². The van der Waals surface area contributed by atoms with Gasteiger partial charge >= 0.3 is 0 Å². The molecular weight excluding hydrogens is 152 g/mol. The molecule has 0 unspecified atom stereocenters. The molecular formula is C9H5N2O. The Kier molecular flexibility index (Phi) is 1.55. The van der Waals surface area contributed by atoms with E-state index >= 15 is 0 Å². The summed E-state index contributed by atoms with van der Waals surface area (Å²) < 4.78 is 0. The highest BCUT2D eigenvalue weighted by atomic mass is 16.1. The van der Waals surface area contributed by atoms with E-state index in [1.807, 2.05) is 18.2 Å². The molecule has 0 bridgehead atoms. The van der Waals surface area contributed by atoms with E-state index in [1.54, 1.807) is 6.07 Å². The fourth-order valence-electron chi connectivity index (χ4n) is 0.970. The molecule has 2 rings (SSSR count). The summed E-state index contributed by atoms with van der Waals surface area (Å²) in [5.74, 6) is 0. The average molecular weight is 157 g/mol. The first-order chi connectivity index (χ1) is 5.86. The Labute approximate surface area is 68.7 Å². The van der Waals surface area contributed by atoms with Gasteiger partial charge in [-0.2, -0.15) is 0 Å². The largest absolute Gasteiger partial charge is 0.288 e. The number of rotatable bonds is 0. The van der Waals surface area contributed by atoms with Crippen LogP contribution in [-0.4, -0.2) is 9.97 Å². The van der Waals surface area contributed by atoms with Gasteiger partial charge in [-0.15, -0.1) is 0 Å². The molecule has 0 aliphatic carbocycles. The molecule has 12 heavy (non-hydrogen) atoms. The van der Waals surface area contributed by atoms with Crippen LogP contribution in [0.5, 0.6) is 0 Å². The zero-order valence-electron chi connectivity index (χ0n) is 6.19. The van der Waals surface area contributed by atoms with E-state index in [2.05, 4.69) is 16.2 Å². The normalized spacial score (nSPS) is 10.0. The third-order valence-electron chi connectivity index (χ3n) is 1.49. The van der Waals surface area contributed by atoms with Crippen LogP contribution in [0.25, 0.3) is 10.9 Å². The highest BCUT2D eigenvalue weighted by Gasteiger charge is 1.90. The lowest BCUT2D eigenvalue weighted by Gasteiger charge is -1.84. The molecule has 3 heteroatoms. The second-order valence-electron chi connectivity index (χ2n) is 2.34. The van der Waals surface area contributed by atoms with Gasteiger partial charge in [-0.25, -0.2) is 9.97 Å². The lowest BCUT2D eigenvalue weighted by molar-refractivity contribution is 1.25. The number of benzene rings is 1. The first kappa shape index (κ1) is 6.91. The minimum Gasteiger partial charge on any atom is -0.266 e. The maximum absolute atomic E-state index is 10.9. The van der Waals surface area contributed by atoms with E-state index in [9.17, 15) is 4.79 Å². The fourth-order valence-corrected chi connectivity index (χ4v) is 0.970. The quantitative estimate of drug-likeness (QED) is 0.567. The number of para-hydroxylation sites is 1. The summed E-state index contributed by atoms with van der Waals surface area (Å²) >= 11 is 0. The molecule has 2 aromatic rings. The van der Waals surface area contributed by atoms with E-state index in [1.165, 1.54) is 0 Å². The van der Waals surface area contributed by atoms with Crippen LogP contribution in [0.4, 0.5) is 0 Å². The number of hydrogen-bond donors (Lipinski definition) is 0. The topological polar surface area (TPSA) is 42.9 Å². The molecule has 3 nitrogen and oxygen atoms in total. The molecule has 1 aromatic carbocycles. The van der Waals surface area contributed by atoms with Gasteiger partial charge in [0, 0.05) is 5.39 Å². The lowest BCUT2D eigenvalue weighted by atomic mass is 10.2. The van der Waals surface area contributed by atoms with E-state index in [-0.39, 0.29) is 5.56 Å². The molecule has 1 heterocycles. The monoisotopic (exact) mass is 157 g/mol. The van der Waals surface area contributed by atoms with Gasteiger partial charge in [0.05, 0.1) is 17.9 Å². The van der Waals surface area contributed by atoms with Crippen molar-refractivity contribution in [3.63, 3.8) is 0 Å². The van der Waals surface area contributed by atoms with Gasteiger partial charge in [0.1, 0.15) is 0 Å². The van der Waals surface area contributed by atoms with Crippen LogP contribution >= 0.6 is 0 Å². The summed E-state index contributed by atoms with van der Waals surface area (Å²) in [5.41, 5.74) is 0.285. The van der Waals surface area contributed by atoms with Crippen molar-refractivity contribution in [2.24, 2.45) is 0 Å². The molecule has 0 amide bonds. The number of hydrogen-bond acceptors (Lipinski definition) is 3. The molecule has 1 radical (unpaired) electrons. The third kappa shape index (κ3) is 1.16. The predicted molar refractivity (Wildman–Crippen MR) is 44.6 cm³/mol. The Morgan fingerprint density at radius 3 is 3.00 bits per heavy atom. The number of nitrogens with zero attached hydrogens (tertiary/aromatic N) is 2. The maximum Gasteiger partial charge on any atom is 0.288 e. The number of fused-ring (bicyclic) bond motifs is 1. The molecule has 0 N–H and O–H groups in total. The van der Waals surface area contributed by atoms with E-state index < -0.39 is 0 Å². The maximum atomic E-state index is 10.9. The van der Waals surface area contributed by atoms with Crippen molar-refractivity contribution in [3.05, 3.63) is 47.0 Å². The molecule has 0 spiro atoms. The van der Waals surface area contributed by atoms with E-state index in [0.29, 0.717) is 5.52 Å². The van der Waals surface area contributed by atoms with Gasteiger partial charge in [-0.05, 0) is 6.07 Å². The van der Waals surface area contributed by atoms with Crippen LogP contribution < -0.4 is 5.56 Å². The van der Waals surface area contributed by atoms with E-state index in [4.69, 9.17) is 0 Å². The fraction of sp³-hybridized carbons (Fsp3) is 0. The lowest BCUT2D eigenvalue weighted by Crippen LogP contribution is -1.98. The van der Waals surface area contributed by atoms with Crippen molar-refractivity contribution in [1.29, 1.82) is 0 Å². The van der Waals surface area contributed by atoms with Crippen molar-refractivity contribution in [2.45, 2.75) is 0 Å². The molecule has 0 fully saturated rings. The summed E-state index contributed by atoms with van der Waals surface area (Å²) in [6.07, 6.45) is 3.86. The predicted octanol–water partition coefficient (Wildman–Crippen LogP) is 0.790. The summed E-state index contributed by atoms with van der Waals surface area (Å²) in [7, 11) is 0. The molecule has 1 aromatic heterocycles. The zero-order chi connectivity index (χ0) is 8.39. The Morgan fingerprint density at radius 2 is 2.08 bits per heavy atom. The Balaban J connectivity index is 2.98. The summed E-state index contributed by atoms with van der Waals surface area (Å²) in [6, 6.07) is 7.25. The highest BCUT2D eigenvalue weighted by Crippen LogP contribution is 2.04. The van der Waals surface area contributed by atoms with Crippen molar-refractivity contribution < 1.29 is 0 Å². The highest BCUT2D eigenvalue weighted by molar-refractivity contribution is 5.75. The first-order valence-corrected chi connectivity index (χ1v) is 3.50. The molecule has 0 atom stereocenters. The first-order valence-electron chi connectivity index (χ1n) is 3.50. The molecule has 0 saturated heterocycles. The smallest absolute Gasteiger partial charge is 0.266 e. The number of aromatic nitrogens is 2. The summed E-state index contributed by atoms with van der Waals surface area (Å²) in [4.78, 5) is 18.4. The molecule has 57 valence electrons. The second-order valence-corrected chi connectivity index (χ2v) is 2.34. The van der Waals surface area contributed by atoms with Crippen molar-refractivity contribution >= 4 is 10.9 Å². The van der Waals surface area contributed by atoms with Crippen LogP contribution in [0.3, 0.4) is 0 Å². The van der Waals surface area contributed by atoms with Crippen molar-refractivity contribution in [2.75, 3.05) is 0 Å². The minimum absolute atomic E-state index is 0.340. The Hall–Kier alpha value is -1.77. The van der Waals surface area contributed by atoms with Crippen LogP contribution in [0, 0.1) is 6.20 Å². The van der Waals surface area contributed by atoms with Crippen LogP contribution in [-0.2, 0) is 0 Å². The van der Waals surface area contributed by atoms with Gasteiger partial charge < -0.3 is 0 Å². The Bertz CT molecular complexity index is 468. The standard InChI is InChI=1S/C9H5N2O/c12-9-6-10-5-7-3-1-2-4-8(7)11-9/h1-4,6H. The van der Waals surface area contributed by atoms with Gasteiger partial charge in [0.2, 0.25) is 0 Å². The SMILES string of the molecule is O=c1cn[c]c2ccccc2n1. The van der Waals surface area contributed by atoms with Crippen molar-refractivity contribution in [3.8, 4) is 0 Å². The molecule has 0 aliphatic rings.